The minimum Gasteiger partial charge on any atom is -0.344 e. The number of hydrogen-bond donors (Lipinski definition) is 1. The number of pyridine rings is 1. The van der Waals surface area contributed by atoms with E-state index in [-0.39, 0.29) is 5.91 Å². The van der Waals surface area contributed by atoms with Gasteiger partial charge in [-0.3, -0.25) is 9.78 Å². The molecule has 0 fully saturated rings. The minimum atomic E-state index is -0.117. The molecule has 2 rings (SSSR count). The summed E-state index contributed by atoms with van der Waals surface area (Å²) in [4.78, 5) is 16.1. The van der Waals surface area contributed by atoms with Gasteiger partial charge in [0.2, 0.25) is 0 Å². The van der Waals surface area contributed by atoms with Crippen LogP contribution in [-0.4, -0.2) is 15.5 Å². The van der Waals surface area contributed by atoms with Crippen LogP contribution in [0.25, 0.3) is 0 Å². The molecular weight excluding hydrogens is 294 g/mol. The maximum absolute atomic E-state index is 12.1. The predicted molar refractivity (Wildman–Crippen MR) is 74.6 cm³/mol. The molecule has 94 valence electrons. The van der Waals surface area contributed by atoms with E-state index >= 15 is 0 Å². The standard InChI is InChI=1S/C13H14BrN3O/c1-2-5-17-6-3-4-12(17)13(18)16-11-7-10(14)8-15-9-11/h3-4,6-9H,2,5H2,1H3,(H,16,18). The van der Waals surface area contributed by atoms with Gasteiger partial charge in [0.05, 0.1) is 11.9 Å². The average Bonchev–Trinajstić information content (AvgIpc) is 2.78. The normalized spacial score (nSPS) is 10.3. The van der Waals surface area contributed by atoms with Gasteiger partial charge in [0, 0.05) is 23.4 Å². The number of aryl methyl sites for hydroxylation is 1. The molecule has 0 bridgehead atoms. The van der Waals surface area contributed by atoms with Gasteiger partial charge in [-0.05, 0) is 40.5 Å². The summed E-state index contributed by atoms with van der Waals surface area (Å²) in [5.41, 5.74) is 1.34. The highest BCUT2D eigenvalue weighted by molar-refractivity contribution is 9.10. The van der Waals surface area contributed by atoms with Crippen molar-refractivity contribution >= 4 is 27.5 Å². The van der Waals surface area contributed by atoms with E-state index in [2.05, 4.69) is 33.2 Å². The molecule has 0 unspecified atom stereocenters. The van der Waals surface area contributed by atoms with Crippen LogP contribution < -0.4 is 5.32 Å². The topological polar surface area (TPSA) is 46.9 Å². The lowest BCUT2D eigenvalue weighted by molar-refractivity contribution is 0.101. The summed E-state index contributed by atoms with van der Waals surface area (Å²) in [5.74, 6) is -0.117. The van der Waals surface area contributed by atoms with Crippen molar-refractivity contribution in [1.29, 1.82) is 0 Å². The lowest BCUT2D eigenvalue weighted by atomic mass is 10.3. The number of nitrogens with one attached hydrogen (secondary N) is 1. The van der Waals surface area contributed by atoms with E-state index in [1.165, 1.54) is 0 Å². The number of carbonyl (C=O) groups is 1. The summed E-state index contributed by atoms with van der Waals surface area (Å²) in [6.45, 7) is 2.92. The van der Waals surface area contributed by atoms with Crippen molar-refractivity contribution < 1.29 is 4.79 Å². The first-order chi connectivity index (χ1) is 8.70. The molecule has 0 aromatic carbocycles. The highest BCUT2D eigenvalue weighted by Gasteiger charge is 2.10. The zero-order valence-electron chi connectivity index (χ0n) is 10.1. The van der Waals surface area contributed by atoms with E-state index in [0.717, 1.165) is 17.4 Å². The highest BCUT2D eigenvalue weighted by atomic mass is 79.9. The van der Waals surface area contributed by atoms with Crippen LogP contribution in [0.2, 0.25) is 0 Å². The highest BCUT2D eigenvalue weighted by Crippen LogP contribution is 2.15. The van der Waals surface area contributed by atoms with E-state index in [0.29, 0.717) is 11.4 Å². The van der Waals surface area contributed by atoms with E-state index in [1.807, 2.05) is 29.0 Å². The minimum absolute atomic E-state index is 0.117. The molecule has 0 saturated heterocycles. The first-order valence-corrected chi connectivity index (χ1v) is 6.57. The average molecular weight is 308 g/mol. The van der Waals surface area contributed by atoms with Crippen LogP contribution in [0.15, 0.2) is 41.3 Å². The molecule has 2 aromatic rings. The van der Waals surface area contributed by atoms with Gasteiger partial charge in [0.1, 0.15) is 5.69 Å². The SMILES string of the molecule is CCCn1cccc1C(=O)Nc1cncc(Br)c1. The zero-order valence-corrected chi connectivity index (χ0v) is 11.6. The Morgan fingerprint density at radius 3 is 3.06 bits per heavy atom. The molecule has 0 atom stereocenters. The Morgan fingerprint density at radius 1 is 1.50 bits per heavy atom. The monoisotopic (exact) mass is 307 g/mol. The summed E-state index contributed by atoms with van der Waals surface area (Å²) in [5, 5.41) is 2.83. The molecule has 0 saturated carbocycles. The molecule has 0 spiro atoms. The molecule has 4 nitrogen and oxygen atoms in total. The quantitative estimate of drug-likeness (QED) is 0.942. The van der Waals surface area contributed by atoms with Crippen LogP contribution in [0, 0.1) is 0 Å². The third-order valence-electron chi connectivity index (χ3n) is 2.49. The van der Waals surface area contributed by atoms with Crippen molar-refractivity contribution in [3.63, 3.8) is 0 Å². The van der Waals surface area contributed by atoms with Crippen LogP contribution in [0.3, 0.4) is 0 Å². The first-order valence-electron chi connectivity index (χ1n) is 5.77. The fourth-order valence-corrected chi connectivity index (χ4v) is 2.10. The van der Waals surface area contributed by atoms with Crippen molar-refractivity contribution in [2.75, 3.05) is 5.32 Å². The number of carbonyl (C=O) groups excluding carboxylic acids is 1. The van der Waals surface area contributed by atoms with Gasteiger partial charge >= 0.3 is 0 Å². The van der Waals surface area contributed by atoms with Crippen LogP contribution in [-0.2, 0) is 6.54 Å². The summed E-state index contributed by atoms with van der Waals surface area (Å²) in [7, 11) is 0. The molecule has 0 aliphatic carbocycles. The van der Waals surface area contributed by atoms with E-state index < -0.39 is 0 Å². The summed E-state index contributed by atoms with van der Waals surface area (Å²) in [6, 6.07) is 5.51. The molecule has 5 heteroatoms. The lowest BCUT2D eigenvalue weighted by Gasteiger charge is -2.08. The number of hydrogen-bond acceptors (Lipinski definition) is 2. The van der Waals surface area contributed by atoms with E-state index in [4.69, 9.17) is 0 Å². The number of halogens is 1. The van der Waals surface area contributed by atoms with Crippen LogP contribution in [0.4, 0.5) is 5.69 Å². The van der Waals surface area contributed by atoms with Gasteiger partial charge in [0.25, 0.3) is 5.91 Å². The molecule has 2 heterocycles. The lowest BCUT2D eigenvalue weighted by Crippen LogP contribution is -2.16. The summed E-state index contributed by atoms with van der Waals surface area (Å²) in [6.07, 6.45) is 6.20. The van der Waals surface area contributed by atoms with Gasteiger partial charge in [-0.25, -0.2) is 0 Å². The second-order valence-electron chi connectivity index (χ2n) is 3.93. The Hall–Kier alpha value is -1.62. The van der Waals surface area contributed by atoms with E-state index in [1.54, 1.807) is 12.4 Å². The smallest absolute Gasteiger partial charge is 0.272 e. The maximum atomic E-state index is 12.1. The molecule has 1 amide bonds. The Bertz CT molecular complexity index is 551. The van der Waals surface area contributed by atoms with Gasteiger partial charge < -0.3 is 9.88 Å². The Labute approximate surface area is 114 Å². The third kappa shape index (κ3) is 2.98. The second-order valence-corrected chi connectivity index (χ2v) is 4.85. The number of rotatable bonds is 4. The number of nitrogens with zero attached hydrogens (tertiary/aromatic N) is 2. The summed E-state index contributed by atoms with van der Waals surface area (Å²) < 4.78 is 2.78. The maximum Gasteiger partial charge on any atom is 0.272 e. The van der Waals surface area contributed by atoms with Crippen molar-refractivity contribution in [3.8, 4) is 0 Å². The van der Waals surface area contributed by atoms with Crippen molar-refractivity contribution in [1.82, 2.24) is 9.55 Å². The predicted octanol–water partition coefficient (Wildman–Crippen LogP) is 3.31. The number of anilines is 1. The first kappa shape index (κ1) is 12.8. The van der Waals surface area contributed by atoms with Gasteiger partial charge in [-0.2, -0.15) is 0 Å². The number of aromatic nitrogens is 2. The van der Waals surface area contributed by atoms with Gasteiger partial charge in [-0.1, -0.05) is 6.92 Å². The molecule has 0 aliphatic heterocycles. The zero-order chi connectivity index (χ0) is 13.0. The largest absolute Gasteiger partial charge is 0.344 e. The fraction of sp³-hybridized carbons (Fsp3) is 0.231. The van der Waals surface area contributed by atoms with Crippen molar-refractivity contribution in [3.05, 3.63) is 47.0 Å². The van der Waals surface area contributed by atoms with Crippen LogP contribution >= 0.6 is 15.9 Å². The van der Waals surface area contributed by atoms with Crippen LogP contribution in [0.1, 0.15) is 23.8 Å². The Balaban J connectivity index is 2.14. The molecule has 1 N–H and O–H groups in total. The molecule has 0 aliphatic rings. The Kier molecular flexibility index (Phi) is 4.15. The van der Waals surface area contributed by atoms with E-state index in [9.17, 15) is 4.79 Å². The molecular formula is C13H14BrN3O. The molecule has 18 heavy (non-hydrogen) atoms. The molecule has 2 aromatic heterocycles. The van der Waals surface area contributed by atoms with Crippen LogP contribution in [0.5, 0.6) is 0 Å². The summed E-state index contributed by atoms with van der Waals surface area (Å²) >= 11 is 3.32. The van der Waals surface area contributed by atoms with Crippen molar-refractivity contribution in [2.45, 2.75) is 19.9 Å². The number of amides is 1. The Morgan fingerprint density at radius 2 is 2.33 bits per heavy atom. The second kappa shape index (κ2) is 5.82. The van der Waals surface area contributed by atoms with Gasteiger partial charge in [-0.15, -0.1) is 0 Å². The van der Waals surface area contributed by atoms with Gasteiger partial charge in [0.15, 0.2) is 0 Å². The molecule has 0 radical (unpaired) electrons. The third-order valence-corrected chi connectivity index (χ3v) is 2.92. The van der Waals surface area contributed by atoms with Crippen molar-refractivity contribution in [2.24, 2.45) is 0 Å². The fourth-order valence-electron chi connectivity index (χ4n) is 1.73.